The normalized spacial score (nSPS) is 15.0. The van der Waals surface area contributed by atoms with E-state index in [4.69, 9.17) is 5.11 Å². The minimum absolute atomic E-state index is 0.246. The molecule has 0 aromatic heterocycles. The molecule has 0 radical (unpaired) electrons. The first-order valence-electron chi connectivity index (χ1n) is 5.24. The van der Waals surface area contributed by atoms with Crippen molar-refractivity contribution in [1.29, 1.82) is 0 Å². The van der Waals surface area contributed by atoms with E-state index in [1.165, 1.54) is 0 Å². The average Bonchev–Trinajstić information content (AvgIpc) is 2.09. The number of nitrogens with zero attached hydrogens (tertiary/aromatic N) is 1. The number of halogens is 3. The summed E-state index contributed by atoms with van der Waals surface area (Å²) < 4.78 is 36.0. The van der Waals surface area contributed by atoms with E-state index in [-0.39, 0.29) is 13.0 Å². The van der Waals surface area contributed by atoms with Crippen molar-refractivity contribution in [2.45, 2.75) is 39.5 Å². The van der Waals surface area contributed by atoms with Crippen molar-refractivity contribution in [3.63, 3.8) is 0 Å². The highest BCUT2D eigenvalue weighted by molar-refractivity contribution is 4.68. The molecule has 0 aliphatic rings. The SMILES string of the molecule is CCN(CCC(O)C(F)(F)F)CC(C)C. The van der Waals surface area contributed by atoms with E-state index in [1.54, 1.807) is 0 Å². The summed E-state index contributed by atoms with van der Waals surface area (Å²) in [5.41, 5.74) is 0. The van der Waals surface area contributed by atoms with Crippen LogP contribution in [0.15, 0.2) is 0 Å². The second-order valence-corrected chi connectivity index (χ2v) is 4.13. The molecule has 0 rings (SSSR count). The summed E-state index contributed by atoms with van der Waals surface area (Å²) in [6.45, 7) is 7.70. The lowest BCUT2D eigenvalue weighted by atomic mass is 10.2. The Bertz CT molecular complexity index is 171. The number of aliphatic hydroxyl groups is 1. The molecule has 0 amide bonds. The third kappa shape index (κ3) is 6.73. The third-order valence-electron chi connectivity index (χ3n) is 2.17. The van der Waals surface area contributed by atoms with Gasteiger partial charge in [-0.05, 0) is 18.9 Å². The van der Waals surface area contributed by atoms with Gasteiger partial charge in [0.1, 0.15) is 0 Å². The highest BCUT2D eigenvalue weighted by Crippen LogP contribution is 2.22. The summed E-state index contributed by atoms with van der Waals surface area (Å²) in [6.07, 6.45) is -6.93. The summed E-state index contributed by atoms with van der Waals surface area (Å²) in [7, 11) is 0. The van der Waals surface area contributed by atoms with Gasteiger partial charge in [0.2, 0.25) is 0 Å². The molecule has 0 aromatic rings. The maximum absolute atomic E-state index is 12.0. The first-order valence-corrected chi connectivity index (χ1v) is 5.24. The van der Waals surface area contributed by atoms with Crippen LogP contribution in [-0.4, -0.2) is 41.9 Å². The number of alkyl halides is 3. The van der Waals surface area contributed by atoms with Crippen LogP contribution in [0.3, 0.4) is 0 Å². The van der Waals surface area contributed by atoms with Crippen LogP contribution in [-0.2, 0) is 0 Å². The molecule has 0 aliphatic heterocycles. The predicted molar refractivity (Wildman–Crippen MR) is 53.6 cm³/mol. The van der Waals surface area contributed by atoms with Crippen LogP contribution in [0.25, 0.3) is 0 Å². The Morgan fingerprint density at radius 1 is 1.27 bits per heavy atom. The van der Waals surface area contributed by atoms with Gasteiger partial charge in [0.05, 0.1) is 0 Å². The molecule has 0 aromatic carbocycles. The maximum Gasteiger partial charge on any atom is 0.414 e. The standard InChI is InChI=1S/C10H20F3NO/c1-4-14(7-8(2)3)6-5-9(15)10(11,12)13/h8-9,15H,4-7H2,1-3H3. The van der Waals surface area contributed by atoms with Gasteiger partial charge >= 0.3 is 6.18 Å². The molecule has 5 heteroatoms. The molecular formula is C10H20F3NO. The molecule has 0 heterocycles. The Labute approximate surface area is 89.1 Å². The largest absolute Gasteiger partial charge is 0.414 e. The molecule has 0 fully saturated rings. The van der Waals surface area contributed by atoms with Crippen LogP contribution in [0, 0.1) is 5.92 Å². The smallest absolute Gasteiger partial charge is 0.384 e. The summed E-state index contributed by atoms with van der Waals surface area (Å²) in [6, 6.07) is 0. The minimum atomic E-state index is -4.49. The molecule has 0 saturated heterocycles. The predicted octanol–water partition coefficient (Wildman–Crippen LogP) is 2.28. The molecule has 1 atom stereocenters. The van der Waals surface area contributed by atoms with E-state index in [0.717, 1.165) is 6.54 Å². The number of aliphatic hydroxyl groups excluding tert-OH is 1. The summed E-state index contributed by atoms with van der Waals surface area (Å²) in [5.74, 6) is 0.424. The second-order valence-electron chi connectivity index (χ2n) is 4.13. The third-order valence-corrected chi connectivity index (χ3v) is 2.17. The van der Waals surface area contributed by atoms with Crippen molar-refractivity contribution >= 4 is 0 Å². The fourth-order valence-corrected chi connectivity index (χ4v) is 1.36. The summed E-state index contributed by atoms with van der Waals surface area (Å²) in [4.78, 5) is 1.92. The molecular weight excluding hydrogens is 207 g/mol. The van der Waals surface area contributed by atoms with Gasteiger partial charge in [-0.1, -0.05) is 20.8 Å². The van der Waals surface area contributed by atoms with Crippen molar-refractivity contribution in [2.75, 3.05) is 19.6 Å². The van der Waals surface area contributed by atoms with Crippen LogP contribution in [0.4, 0.5) is 13.2 Å². The lowest BCUT2D eigenvalue weighted by Gasteiger charge is -2.24. The molecule has 0 spiro atoms. The van der Waals surface area contributed by atoms with Crippen LogP contribution in [0.2, 0.25) is 0 Å². The average molecular weight is 227 g/mol. The number of hydrogen-bond donors (Lipinski definition) is 1. The van der Waals surface area contributed by atoms with Crippen molar-refractivity contribution in [2.24, 2.45) is 5.92 Å². The quantitative estimate of drug-likeness (QED) is 0.752. The van der Waals surface area contributed by atoms with Gasteiger partial charge in [-0.2, -0.15) is 13.2 Å². The van der Waals surface area contributed by atoms with E-state index >= 15 is 0 Å². The van der Waals surface area contributed by atoms with Crippen LogP contribution in [0.1, 0.15) is 27.2 Å². The zero-order chi connectivity index (χ0) is 12.1. The van der Waals surface area contributed by atoms with E-state index in [0.29, 0.717) is 12.5 Å². The molecule has 0 bridgehead atoms. The fourth-order valence-electron chi connectivity index (χ4n) is 1.36. The zero-order valence-corrected chi connectivity index (χ0v) is 9.51. The minimum Gasteiger partial charge on any atom is -0.384 e. The first-order chi connectivity index (χ1) is 6.77. The Hall–Kier alpha value is -0.290. The van der Waals surface area contributed by atoms with Gasteiger partial charge in [0.15, 0.2) is 6.10 Å². The van der Waals surface area contributed by atoms with Crippen molar-refractivity contribution < 1.29 is 18.3 Å². The second kappa shape index (κ2) is 6.33. The monoisotopic (exact) mass is 227 g/mol. The van der Waals surface area contributed by atoms with Crippen LogP contribution < -0.4 is 0 Å². The highest BCUT2D eigenvalue weighted by Gasteiger charge is 2.37. The van der Waals surface area contributed by atoms with Gasteiger partial charge in [0, 0.05) is 13.1 Å². The summed E-state index contributed by atoms with van der Waals surface area (Å²) in [5, 5.41) is 8.81. The lowest BCUT2D eigenvalue weighted by molar-refractivity contribution is -0.206. The molecule has 2 nitrogen and oxygen atoms in total. The lowest BCUT2D eigenvalue weighted by Crippen LogP contribution is -2.35. The van der Waals surface area contributed by atoms with Crippen molar-refractivity contribution in [3.05, 3.63) is 0 Å². The van der Waals surface area contributed by atoms with Crippen molar-refractivity contribution in [1.82, 2.24) is 4.90 Å². The Morgan fingerprint density at radius 2 is 1.80 bits per heavy atom. The van der Waals surface area contributed by atoms with Crippen LogP contribution in [0.5, 0.6) is 0 Å². The van der Waals surface area contributed by atoms with Gasteiger partial charge in [-0.15, -0.1) is 0 Å². The Morgan fingerprint density at radius 3 is 2.13 bits per heavy atom. The van der Waals surface area contributed by atoms with Gasteiger partial charge < -0.3 is 10.0 Å². The van der Waals surface area contributed by atoms with Gasteiger partial charge in [-0.25, -0.2) is 0 Å². The molecule has 0 aliphatic carbocycles. The van der Waals surface area contributed by atoms with Gasteiger partial charge in [0.25, 0.3) is 0 Å². The number of hydrogen-bond acceptors (Lipinski definition) is 2. The van der Waals surface area contributed by atoms with Crippen LogP contribution >= 0.6 is 0 Å². The fraction of sp³-hybridized carbons (Fsp3) is 1.00. The molecule has 15 heavy (non-hydrogen) atoms. The molecule has 0 saturated carbocycles. The molecule has 92 valence electrons. The Kier molecular flexibility index (Phi) is 6.20. The molecule has 1 N–H and O–H groups in total. The molecule has 1 unspecified atom stereocenters. The van der Waals surface area contributed by atoms with E-state index in [2.05, 4.69) is 0 Å². The topological polar surface area (TPSA) is 23.5 Å². The van der Waals surface area contributed by atoms with E-state index in [1.807, 2.05) is 25.7 Å². The highest BCUT2D eigenvalue weighted by atomic mass is 19.4. The zero-order valence-electron chi connectivity index (χ0n) is 9.51. The van der Waals surface area contributed by atoms with E-state index < -0.39 is 12.3 Å². The van der Waals surface area contributed by atoms with Gasteiger partial charge in [-0.3, -0.25) is 0 Å². The summed E-state index contributed by atoms with van der Waals surface area (Å²) >= 11 is 0. The van der Waals surface area contributed by atoms with Crippen molar-refractivity contribution in [3.8, 4) is 0 Å². The Balaban J connectivity index is 3.90. The van der Waals surface area contributed by atoms with E-state index in [9.17, 15) is 13.2 Å². The number of rotatable bonds is 6. The maximum atomic E-state index is 12.0. The first kappa shape index (κ1) is 14.7.